The number of nitrogens with zero attached hydrogens (tertiary/aromatic N) is 1. The molecular weight excluding hydrogens is 491 g/mol. The SMILES string of the molecule is CC(Oc1ccc(Cl)cc1Cl)C(=O)Nc1ccc2c(c1)OC(C)C(=O)N2CCOc1ccccc1. The van der Waals surface area contributed by atoms with Crippen LogP contribution in [0.4, 0.5) is 11.4 Å². The predicted octanol–water partition coefficient (Wildman–Crippen LogP) is 5.59. The molecule has 0 aliphatic carbocycles. The van der Waals surface area contributed by atoms with Gasteiger partial charge < -0.3 is 24.4 Å². The van der Waals surface area contributed by atoms with Crippen molar-refractivity contribution in [3.05, 3.63) is 76.8 Å². The fraction of sp³-hybridized carbons (Fsp3) is 0.231. The van der Waals surface area contributed by atoms with E-state index in [0.717, 1.165) is 5.75 Å². The number of nitrogens with one attached hydrogen (secondary N) is 1. The van der Waals surface area contributed by atoms with Crippen molar-refractivity contribution in [2.45, 2.75) is 26.1 Å². The lowest BCUT2D eigenvalue weighted by Gasteiger charge is -2.33. The molecule has 1 aliphatic heterocycles. The van der Waals surface area contributed by atoms with Gasteiger partial charge in [0.2, 0.25) is 0 Å². The minimum absolute atomic E-state index is 0.159. The normalized spacial score (nSPS) is 15.6. The average Bonchev–Trinajstić information content (AvgIpc) is 2.84. The number of para-hydroxylation sites is 1. The molecule has 0 spiro atoms. The van der Waals surface area contributed by atoms with Crippen LogP contribution in [0.15, 0.2) is 66.7 Å². The van der Waals surface area contributed by atoms with Crippen LogP contribution in [-0.2, 0) is 9.59 Å². The molecule has 2 atom stereocenters. The lowest BCUT2D eigenvalue weighted by Crippen LogP contribution is -2.46. The van der Waals surface area contributed by atoms with E-state index in [4.69, 9.17) is 37.4 Å². The van der Waals surface area contributed by atoms with Crippen LogP contribution in [0.1, 0.15) is 13.8 Å². The maximum Gasteiger partial charge on any atom is 0.267 e. The number of rotatable bonds is 8. The van der Waals surface area contributed by atoms with Gasteiger partial charge in [0, 0.05) is 16.8 Å². The standard InChI is InChI=1S/C26H24Cl2N2O5/c1-16(34-23-11-8-18(27)14-21(23)28)25(31)29-19-9-10-22-24(15-19)35-17(2)26(32)30(22)12-13-33-20-6-4-3-5-7-20/h3-11,14-17H,12-13H2,1-2H3,(H,29,31). The van der Waals surface area contributed by atoms with E-state index >= 15 is 0 Å². The Bertz CT molecular complexity index is 1220. The number of carbonyl (C=O) groups excluding carboxylic acids is 2. The van der Waals surface area contributed by atoms with E-state index in [-0.39, 0.29) is 11.8 Å². The molecule has 9 heteroatoms. The van der Waals surface area contributed by atoms with Gasteiger partial charge in [-0.3, -0.25) is 9.59 Å². The molecule has 1 heterocycles. The fourth-order valence-electron chi connectivity index (χ4n) is 3.55. The molecular formula is C26H24Cl2N2O5. The first kappa shape index (κ1) is 24.7. The summed E-state index contributed by atoms with van der Waals surface area (Å²) in [6.45, 7) is 3.98. The molecule has 0 saturated heterocycles. The van der Waals surface area contributed by atoms with Gasteiger partial charge >= 0.3 is 0 Å². The lowest BCUT2D eigenvalue weighted by atomic mass is 10.1. The third-order valence-electron chi connectivity index (χ3n) is 5.33. The van der Waals surface area contributed by atoms with Crippen molar-refractivity contribution in [3.63, 3.8) is 0 Å². The first-order valence-electron chi connectivity index (χ1n) is 11.0. The summed E-state index contributed by atoms with van der Waals surface area (Å²) in [5.74, 6) is 1.05. The Labute approximate surface area is 213 Å². The first-order valence-corrected chi connectivity index (χ1v) is 11.8. The molecule has 1 aliphatic rings. The van der Waals surface area contributed by atoms with Gasteiger partial charge in [-0.05, 0) is 56.3 Å². The second kappa shape index (κ2) is 10.9. The molecule has 0 bridgehead atoms. The topological polar surface area (TPSA) is 77.1 Å². The number of ether oxygens (including phenoxy) is 3. The van der Waals surface area contributed by atoms with Gasteiger partial charge in [0.15, 0.2) is 12.2 Å². The highest BCUT2D eigenvalue weighted by atomic mass is 35.5. The number of fused-ring (bicyclic) bond motifs is 1. The van der Waals surface area contributed by atoms with E-state index in [1.807, 2.05) is 30.3 Å². The Morgan fingerprint density at radius 1 is 1.11 bits per heavy atom. The Balaban J connectivity index is 1.42. The number of amides is 2. The summed E-state index contributed by atoms with van der Waals surface area (Å²) >= 11 is 12.0. The van der Waals surface area contributed by atoms with Gasteiger partial charge in [-0.2, -0.15) is 0 Å². The number of anilines is 2. The highest BCUT2D eigenvalue weighted by molar-refractivity contribution is 6.35. The summed E-state index contributed by atoms with van der Waals surface area (Å²) in [5.41, 5.74) is 1.12. The van der Waals surface area contributed by atoms with Crippen LogP contribution < -0.4 is 24.4 Å². The Morgan fingerprint density at radius 3 is 2.63 bits per heavy atom. The Hall–Kier alpha value is -3.42. The molecule has 35 heavy (non-hydrogen) atoms. The molecule has 182 valence electrons. The number of hydrogen-bond acceptors (Lipinski definition) is 5. The van der Waals surface area contributed by atoms with Gasteiger partial charge in [-0.1, -0.05) is 41.4 Å². The monoisotopic (exact) mass is 514 g/mol. The van der Waals surface area contributed by atoms with Crippen LogP contribution in [0, 0.1) is 0 Å². The zero-order chi connectivity index (χ0) is 24.9. The van der Waals surface area contributed by atoms with E-state index in [9.17, 15) is 9.59 Å². The molecule has 3 aromatic rings. The maximum absolute atomic E-state index is 12.7. The summed E-state index contributed by atoms with van der Waals surface area (Å²) in [7, 11) is 0. The van der Waals surface area contributed by atoms with Crippen LogP contribution in [0.3, 0.4) is 0 Å². The third-order valence-corrected chi connectivity index (χ3v) is 5.86. The zero-order valence-corrected chi connectivity index (χ0v) is 20.7. The van der Waals surface area contributed by atoms with Crippen molar-refractivity contribution in [2.75, 3.05) is 23.4 Å². The van der Waals surface area contributed by atoms with Crippen LogP contribution >= 0.6 is 23.2 Å². The molecule has 0 radical (unpaired) electrons. The Kier molecular flexibility index (Phi) is 7.68. The maximum atomic E-state index is 12.7. The highest BCUT2D eigenvalue weighted by Crippen LogP contribution is 2.36. The quantitative estimate of drug-likeness (QED) is 0.423. The van der Waals surface area contributed by atoms with Crippen molar-refractivity contribution in [2.24, 2.45) is 0 Å². The summed E-state index contributed by atoms with van der Waals surface area (Å²) in [6, 6.07) is 19.3. The summed E-state index contributed by atoms with van der Waals surface area (Å²) in [5, 5.41) is 3.60. The van der Waals surface area contributed by atoms with Crippen LogP contribution in [0.25, 0.3) is 0 Å². The van der Waals surface area contributed by atoms with Crippen molar-refractivity contribution in [3.8, 4) is 17.2 Å². The molecule has 0 fully saturated rings. The minimum atomic E-state index is -0.822. The number of benzene rings is 3. The molecule has 0 saturated carbocycles. The van der Waals surface area contributed by atoms with Crippen LogP contribution in [-0.4, -0.2) is 37.2 Å². The van der Waals surface area contributed by atoms with Gasteiger partial charge in [-0.15, -0.1) is 0 Å². The molecule has 2 amide bonds. The highest BCUT2D eigenvalue weighted by Gasteiger charge is 2.31. The Morgan fingerprint density at radius 2 is 1.89 bits per heavy atom. The molecule has 0 aromatic heterocycles. The van der Waals surface area contributed by atoms with Crippen molar-refractivity contribution >= 4 is 46.4 Å². The predicted molar refractivity (Wildman–Crippen MR) is 136 cm³/mol. The van der Waals surface area contributed by atoms with Gasteiger partial charge in [0.05, 0.1) is 17.3 Å². The van der Waals surface area contributed by atoms with Crippen LogP contribution in [0.5, 0.6) is 17.2 Å². The molecule has 4 rings (SSSR count). The second-order valence-electron chi connectivity index (χ2n) is 7.92. The van der Waals surface area contributed by atoms with Gasteiger partial charge in [0.25, 0.3) is 11.8 Å². The van der Waals surface area contributed by atoms with E-state index in [1.165, 1.54) is 0 Å². The van der Waals surface area contributed by atoms with E-state index in [0.29, 0.717) is 46.1 Å². The van der Waals surface area contributed by atoms with Crippen molar-refractivity contribution in [1.29, 1.82) is 0 Å². The third kappa shape index (κ3) is 5.99. The number of halogens is 2. The van der Waals surface area contributed by atoms with E-state index in [1.54, 1.807) is 55.1 Å². The molecule has 7 nitrogen and oxygen atoms in total. The van der Waals surface area contributed by atoms with Crippen molar-refractivity contribution in [1.82, 2.24) is 0 Å². The number of hydrogen-bond donors (Lipinski definition) is 1. The minimum Gasteiger partial charge on any atom is -0.492 e. The largest absolute Gasteiger partial charge is 0.492 e. The summed E-state index contributed by atoms with van der Waals surface area (Å²) < 4.78 is 17.2. The second-order valence-corrected chi connectivity index (χ2v) is 8.76. The molecule has 1 N–H and O–H groups in total. The molecule has 2 unspecified atom stereocenters. The first-order chi connectivity index (χ1) is 16.8. The van der Waals surface area contributed by atoms with Crippen molar-refractivity contribution < 1.29 is 23.8 Å². The summed E-state index contributed by atoms with van der Waals surface area (Å²) in [4.78, 5) is 27.1. The average molecular weight is 515 g/mol. The van der Waals surface area contributed by atoms with E-state index < -0.39 is 12.2 Å². The van der Waals surface area contributed by atoms with Gasteiger partial charge in [0.1, 0.15) is 23.9 Å². The van der Waals surface area contributed by atoms with E-state index in [2.05, 4.69) is 5.32 Å². The van der Waals surface area contributed by atoms with Gasteiger partial charge in [-0.25, -0.2) is 0 Å². The lowest BCUT2D eigenvalue weighted by molar-refractivity contribution is -0.125. The fourth-order valence-corrected chi connectivity index (χ4v) is 4.00. The van der Waals surface area contributed by atoms with Crippen LogP contribution in [0.2, 0.25) is 10.0 Å². The molecule has 3 aromatic carbocycles. The number of carbonyl (C=O) groups is 2. The zero-order valence-electron chi connectivity index (χ0n) is 19.2. The smallest absolute Gasteiger partial charge is 0.267 e. The summed E-state index contributed by atoms with van der Waals surface area (Å²) in [6.07, 6.45) is -1.49.